The third kappa shape index (κ3) is 4.80. The van der Waals surface area contributed by atoms with Crippen LogP contribution in [0, 0.1) is 11.2 Å². The van der Waals surface area contributed by atoms with E-state index in [4.69, 9.17) is 10.5 Å². The number of nitrogens with one attached hydrogen (secondary N) is 4. The predicted octanol–water partition coefficient (Wildman–Crippen LogP) is 3.61. The van der Waals surface area contributed by atoms with E-state index in [1.54, 1.807) is 22.8 Å². The zero-order chi connectivity index (χ0) is 20.6. The Bertz CT molecular complexity index is 986. The number of para-hydroxylation sites is 2. The Morgan fingerprint density at radius 2 is 1.90 bits per heavy atom. The first-order valence-electron chi connectivity index (χ1n) is 9.15. The first-order valence-corrected chi connectivity index (χ1v) is 9.15. The van der Waals surface area contributed by atoms with E-state index in [0.29, 0.717) is 36.2 Å². The van der Waals surface area contributed by atoms with Gasteiger partial charge in [0.15, 0.2) is 0 Å². The van der Waals surface area contributed by atoms with Crippen molar-refractivity contribution in [1.82, 2.24) is 14.9 Å². The maximum atomic E-state index is 14.2. The second kappa shape index (κ2) is 9.52. The summed E-state index contributed by atoms with van der Waals surface area (Å²) >= 11 is 0. The molecule has 3 aromatic rings. The predicted molar refractivity (Wildman–Crippen MR) is 114 cm³/mol. The highest BCUT2D eigenvalue weighted by Crippen LogP contribution is 2.29. The van der Waals surface area contributed by atoms with Gasteiger partial charge in [-0.1, -0.05) is 36.9 Å². The molecule has 150 valence electrons. The van der Waals surface area contributed by atoms with Gasteiger partial charge in [0.05, 0.1) is 17.2 Å². The summed E-state index contributed by atoms with van der Waals surface area (Å²) in [6.07, 6.45) is 1.70. The van der Waals surface area contributed by atoms with Crippen molar-refractivity contribution in [2.24, 2.45) is 0 Å². The average molecular weight is 394 g/mol. The van der Waals surface area contributed by atoms with Crippen LogP contribution in [0.5, 0.6) is 0 Å². The van der Waals surface area contributed by atoms with Crippen molar-refractivity contribution < 1.29 is 9.50 Å². The van der Waals surface area contributed by atoms with Crippen molar-refractivity contribution in [1.29, 1.82) is 5.41 Å². The van der Waals surface area contributed by atoms with Crippen molar-refractivity contribution in [3.8, 4) is 5.69 Å². The molecule has 0 amide bonds. The molecule has 8 heteroatoms. The van der Waals surface area contributed by atoms with Gasteiger partial charge >= 0.3 is 0 Å². The lowest BCUT2D eigenvalue weighted by molar-refractivity contribution is 0.288. The van der Waals surface area contributed by atoms with Crippen LogP contribution < -0.4 is 16.0 Å². The van der Waals surface area contributed by atoms with Crippen molar-refractivity contribution in [3.05, 3.63) is 78.5 Å². The van der Waals surface area contributed by atoms with E-state index >= 15 is 0 Å². The summed E-state index contributed by atoms with van der Waals surface area (Å²) in [7, 11) is 0. The molecule has 0 bridgehead atoms. The fraction of sp³-hybridized carbons (Fsp3) is 0.143. The first kappa shape index (κ1) is 20.1. The molecule has 7 nitrogen and oxygen atoms in total. The number of benzene rings is 2. The van der Waals surface area contributed by atoms with E-state index < -0.39 is 5.82 Å². The molecule has 0 saturated carbocycles. The Labute approximate surface area is 168 Å². The second-order valence-corrected chi connectivity index (χ2v) is 6.20. The summed E-state index contributed by atoms with van der Waals surface area (Å²) < 4.78 is 15.9. The second-order valence-electron chi connectivity index (χ2n) is 6.20. The zero-order valence-corrected chi connectivity index (χ0v) is 15.8. The summed E-state index contributed by atoms with van der Waals surface area (Å²) in [5.41, 5.74) is 1.41. The number of aliphatic hydroxyl groups excluding tert-OH is 1. The molecule has 1 aromatic heterocycles. The van der Waals surface area contributed by atoms with Crippen molar-refractivity contribution in [3.63, 3.8) is 0 Å². The van der Waals surface area contributed by atoms with Crippen LogP contribution in [0.4, 0.5) is 21.8 Å². The molecule has 0 atom stereocenters. The van der Waals surface area contributed by atoms with E-state index in [0.717, 1.165) is 11.9 Å². The fourth-order valence-corrected chi connectivity index (χ4v) is 2.76. The number of hydrogen-bond acceptors (Lipinski definition) is 6. The number of nitrogens with zero attached hydrogens (tertiary/aromatic N) is 2. The molecule has 0 saturated heterocycles. The topological polar surface area (TPSA) is 98.0 Å². The number of anilines is 3. The van der Waals surface area contributed by atoms with Crippen LogP contribution in [0.3, 0.4) is 0 Å². The minimum absolute atomic E-state index is 0.0741. The Morgan fingerprint density at radius 1 is 1.17 bits per heavy atom. The van der Waals surface area contributed by atoms with Crippen LogP contribution in [0.1, 0.15) is 12.1 Å². The quantitative estimate of drug-likeness (QED) is 0.267. The third-order valence-corrected chi connectivity index (χ3v) is 4.12. The highest BCUT2D eigenvalue weighted by Gasteiger charge is 2.19. The van der Waals surface area contributed by atoms with Crippen LogP contribution in [-0.4, -0.2) is 34.0 Å². The average Bonchev–Trinajstić information content (AvgIpc) is 3.07. The van der Waals surface area contributed by atoms with Gasteiger partial charge in [0.2, 0.25) is 5.95 Å². The number of hydrogen-bond donors (Lipinski definition) is 5. The molecule has 5 N–H and O–H groups in total. The van der Waals surface area contributed by atoms with E-state index in [2.05, 4.69) is 27.5 Å². The summed E-state index contributed by atoms with van der Waals surface area (Å²) in [6, 6.07) is 15.7. The summed E-state index contributed by atoms with van der Waals surface area (Å²) in [6.45, 7) is 4.56. The molecule has 29 heavy (non-hydrogen) atoms. The maximum Gasteiger partial charge on any atom is 0.214 e. The number of halogens is 1. The van der Waals surface area contributed by atoms with Gasteiger partial charge in [0.1, 0.15) is 17.3 Å². The smallest absolute Gasteiger partial charge is 0.214 e. The standard InChI is InChI=1S/C21H23FN6O/c1-15(24-12-7-13-29)25-20-19(14-23)27-21(26-18-11-6-5-10-17(18)22)28(20)16-8-3-2-4-9-16/h2-6,8-11,14,23-25,29H,1,7,12-13H2,(H,26,27). The molecule has 0 spiro atoms. The monoisotopic (exact) mass is 394 g/mol. The van der Waals surface area contributed by atoms with Gasteiger partial charge in [0, 0.05) is 19.4 Å². The summed E-state index contributed by atoms with van der Waals surface area (Å²) in [4.78, 5) is 4.46. The number of rotatable bonds is 10. The summed E-state index contributed by atoms with van der Waals surface area (Å²) in [5.74, 6) is 0.948. The molecule has 0 fully saturated rings. The van der Waals surface area contributed by atoms with Crippen molar-refractivity contribution in [2.45, 2.75) is 6.42 Å². The van der Waals surface area contributed by atoms with E-state index in [1.165, 1.54) is 6.07 Å². The highest BCUT2D eigenvalue weighted by molar-refractivity contribution is 5.85. The summed E-state index contributed by atoms with van der Waals surface area (Å²) in [5, 5.41) is 25.9. The van der Waals surface area contributed by atoms with Crippen LogP contribution in [-0.2, 0) is 0 Å². The van der Waals surface area contributed by atoms with Crippen LogP contribution in [0.2, 0.25) is 0 Å². The Morgan fingerprint density at radius 3 is 2.59 bits per heavy atom. The lowest BCUT2D eigenvalue weighted by atomic mass is 10.3. The Balaban J connectivity index is 2.02. The molecule has 3 rings (SSSR count). The van der Waals surface area contributed by atoms with E-state index in [9.17, 15) is 4.39 Å². The minimum Gasteiger partial charge on any atom is -0.396 e. The van der Waals surface area contributed by atoms with Gasteiger partial charge in [-0.2, -0.15) is 0 Å². The van der Waals surface area contributed by atoms with Crippen molar-refractivity contribution >= 4 is 23.7 Å². The van der Waals surface area contributed by atoms with Crippen molar-refractivity contribution in [2.75, 3.05) is 23.8 Å². The molecule has 0 aliphatic carbocycles. The Kier molecular flexibility index (Phi) is 6.59. The van der Waals surface area contributed by atoms with Crippen LogP contribution in [0.15, 0.2) is 67.0 Å². The number of aromatic nitrogens is 2. The third-order valence-electron chi connectivity index (χ3n) is 4.12. The van der Waals surface area contributed by atoms with Gasteiger partial charge in [0.25, 0.3) is 0 Å². The van der Waals surface area contributed by atoms with Crippen LogP contribution in [0.25, 0.3) is 5.69 Å². The Hall–Kier alpha value is -3.65. The van der Waals surface area contributed by atoms with Gasteiger partial charge in [-0.3, -0.25) is 4.57 Å². The lowest BCUT2D eigenvalue weighted by Gasteiger charge is -2.16. The number of aliphatic hydroxyl groups is 1. The molecular formula is C21H23FN6O. The first-order chi connectivity index (χ1) is 14.1. The van der Waals surface area contributed by atoms with Gasteiger partial charge < -0.3 is 26.5 Å². The van der Waals surface area contributed by atoms with E-state index in [-0.39, 0.29) is 12.3 Å². The zero-order valence-electron chi connectivity index (χ0n) is 15.8. The van der Waals surface area contributed by atoms with Gasteiger partial charge in [-0.25, -0.2) is 9.37 Å². The van der Waals surface area contributed by atoms with Gasteiger partial charge in [-0.15, -0.1) is 0 Å². The van der Waals surface area contributed by atoms with Crippen LogP contribution >= 0.6 is 0 Å². The highest BCUT2D eigenvalue weighted by atomic mass is 19.1. The molecule has 0 aliphatic heterocycles. The normalized spacial score (nSPS) is 10.4. The molecule has 0 radical (unpaired) electrons. The molecule has 1 heterocycles. The minimum atomic E-state index is -0.406. The molecule has 2 aromatic carbocycles. The largest absolute Gasteiger partial charge is 0.396 e. The fourth-order valence-electron chi connectivity index (χ4n) is 2.76. The molecular weight excluding hydrogens is 371 g/mol. The lowest BCUT2D eigenvalue weighted by Crippen LogP contribution is -2.22. The number of imidazole rings is 1. The maximum absolute atomic E-state index is 14.2. The molecule has 0 unspecified atom stereocenters. The van der Waals surface area contributed by atoms with Gasteiger partial charge in [-0.05, 0) is 30.7 Å². The SMILES string of the molecule is C=C(NCCCO)Nc1c(C=N)nc(Nc2ccccc2F)n1-c1ccccc1. The van der Waals surface area contributed by atoms with E-state index in [1.807, 2.05) is 30.3 Å². The molecule has 0 aliphatic rings.